The third-order valence-corrected chi connectivity index (χ3v) is 2.40. The van der Waals surface area contributed by atoms with Crippen LogP contribution in [0, 0.1) is 0 Å². The van der Waals surface area contributed by atoms with Gasteiger partial charge in [0.15, 0.2) is 6.29 Å². The summed E-state index contributed by atoms with van der Waals surface area (Å²) in [5, 5.41) is 0. The smallest absolute Gasteiger partial charge is 0.240 e. The Morgan fingerprint density at radius 3 is 2.62 bits per heavy atom. The standard InChI is InChI=1S/C8H3Br2NO2/c9-6-1-5(3-12)8(11-4-13)7(10)2-6/h1-3H. The molecule has 0 saturated heterocycles. The minimum Gasteiger partial charge on any atom is -0.298 e. The predicted octanol–water partition coefficient (Wildman–Crippen LogP) is 2.99. The van der Waals surface area contributed by atoms with Gasteiger partial charge in [0.1, 0.15) is 5.69 Å². The van der Waals surface area contributed by atoms with Crippen molar-refractivity contribution in [2.45, 2.75) is 0 Å². The van der Waals surface area contributed by atoms with Crippen molar-refractivity contribution in [3.8, 4) is 0 Å². The molecule has 13 heavy (non-hydrogen) atoms. The fraction of sp³-hybridized carbons (Fsp3) is 0. The molecule has 0 aliphatic rings. The van der Waals surface area contributed by atoms with Gasteiger partial charge in [0.05, 0.1) is 0 Å². The molecule has 0 aliphatic carbocycles. The summed E-state index contributed by atoms with van der Waals surface area (Å²) < 4.78 is 1.32. The molecule has 0 saturated carbocycles. The van der Waals surface area contributed by atoms with Crippen molar-refractivity contribution in [3.05, 3.63) is 26.6 Å². The number of aldehydes is 1. The van der Waals surface area contributed by atoms with Crippen LogP contribution < -0.4 is 0 Å². The normalized spacial score (nSPS) is 9.08. The lowest BCUT2D eigenvalue weighted by molar-refractivity contribution is 0.112. The predicted molar refractivity (Wildman–Crippen MR) is 55.0 cm³/mol. The van der Waals surface area contributed by atoms with Crippen molar-refractivity contribution >= 4 is 49.9 Å². The van der Waals surface area contributed by atoms with Crippen LogP contribution in [-0.4, -0.2) is 12.4 Å². The van der Waals surface area contributed by atoms with Gasteiger partial charge in [0.2, 0.25) is 6.08 Å². The topological polar surface area (TPSA) is 46.5 Å². The molecule has 0 amide bonds. The van der Waals surface area contributed by atoms with E-state index in [0.717, 1.165) is 4.47 Å². The van der Waals surface area contributed by atoms with Gasteiger partial charge < -0.3 is 0 Å². The van der Waals surface area contributed by atoms with E-state index in [-0.39, 0.29) is 0 Å². The van der Waals surface area contributed by atoms with Gasteiger partial charge in [-0.15, -0.1) is 0 Å². The Bertz CT molecular complexity index is 397. The maximum atomic E-state index is 10.6. The molecule has 1 rings (SSSR count). The van der Waals surface area contributed by atoms with E-state index in [1.807, 2.05) is 0 Å². The Labute approximate surface area is 91.1 Å². The number of hydrogen-bond acceptors (Lipinski definition) is 3. The summed E-state index contributed by atoms with van der Waals surface area (Å²) >= 11 is 6.39. The minimum atomic E-state index is 0.299. The van der Waals surface area contributed by atoms with Crippen molar-refractivity contribution in [2.75, 3.05) is 0 Å². The molecular formula is C8H3Br2NO2. The van der Waals surface area contributed by atoms with E-state index < -0.39 is 0 Å². The minimum absolute atomic E-state index is 0.299. The maximum Gasteiger partial charge on any atom is 0.240 e. The molecule has 0 N–H and O–H groups in total. The second-order valence-electron chi connectivity index (χ2n) is 2.15. The Balaban J connectivity index is 3.46. The second kappa shape index (κ2) is 4.46. The van der Waals surface area contributed by atoms with Gasteiger partial charge >= 0.3 is 0 Å². The van der Waals surface area contributed by atoms with Crippen LogP contribution in [0.3, 0.4) is 0 Å². The maximum absolute atomic E-state index is 10.6. The third kappa shape index (κ3) is 2.34. The van der Waals surface area contributed by atoms with Crippen LogP contribution >= 0.6 is 31.9 Å². The number of rotatable bonds is 2. The number of hydrogen-bond donors (Lipinski definition) is 0. The number of carbonyl (C=O) groups is 1. The Morgan fingerprint density at radius 2 is 2.08 bits per heavy atom. The molecule has 1 aromatic carbocycles. The molecule has 3 nitrogen and oxygen atoms in total. The SMILES string of the molecule is O=C=Nc1c(Br)cc(Br)cc1C=O. The first-order valence-corrected chi connectivity index (χ1v) is 4.79. The molecular weight excluding hydrogens is 302 g/mol. The van der Waals surface area contributed by atoms with E-state index in [1.165, 1.54) is 6.08 Å². The van der Waals surface area contributed by atoms with Gasteiger partial charge in [-0.3, -0.25) is 4.79 Å². The first-order valence-electron chi connectivity index (χ1n) is 3.21. The molecule has 0 unspecified atom stereocenters. The van der Waals surface area contributed by atoms with E-state index >= 15 is 0 Å². The van der Waals surface area contributed by atoms with Crippen LogP contribution in [0.25, 0.3) is 0 Å². The molecule has 0 bridgehead atoms. The second-order valence-corrected chi connectivity index (χ2v) is 3.92. The van der Waals surface area contributed by atoms with E-state index in [2.05, 4.69) is 36.9 Å². The van der Waals surface area contributed by atoms with Gasteiger partial charge in [-0.25, -0.2) is 4.79 Å². The van der Waals surface area contributed by atoms with Crippen LogP contribution in [-0.2, 0) is 4.79 Å². The lowest BCUT2D eigenvalue weighted by atomic mass is 10.2. The highest BCUT2D eigenvalue weighted by molar-refractivity contribution is 9.11. The monoisotopic (exact) mass is 303 g/mol. The molecule has 0 aliphatic heterocycles. The van der Waals surface area contributed by atoms with Gasteiger partial charge in [0.25, 0.3) is 0 Å². The highest BCUT2D eigenvalue weighted by Crippen LogP contribution is 2.31. The molecule has 0 spiro atoms. The molecule has 0 aromatic heterocycles. The first-order chi connectivity index (χ1) is 6.19. The Hall–Kier alpha value is -0.770. The van der Waals surface area contributed by atoms with Crippen molar-refractivity contribution in [2.24, 2.45) is 4.99 Å². The molecule has 0 heterocycles. The number of halogens is 2. The summed E-state index contributed by atoms with van der Waals surface area (Å²) in [4.78, 5) is 24.0. The van der Waals surface area contributed by atoms with Gasteiger partial charge in [-0.05, 0) is 28.1 Å². The largest absolute Gasteiger partial charge is 0.298 e. The quantitative estimate of drug-likeness (QED) is 0.479. The average molecular weight is 305 g/mol. The highest BCUT2D eigenvalue weighted by Gasteiger charge is 2.06. The van der Waals surface area contributed by atoms with Gasteiger partial charge in [-0.1, -0.05) is 15.9 Å². The molecule has 0 fully saturated rings. The highest BCUT2D eigenvalue weighted by atomic mass is 79.9. The van der Waals surface area contributed by atoms with E-state index in [1.54, 1.807) is 12.1 Å². The lowest BCUT2D eigenvalue weighted by Crippen LogP contribution is -1.82. The zero-order valence-electron chi connectivity index (χ0n) is 6.25. The Kier molecular flexibility index (Phi) is 3.54. The summed E-state index contributed by atoms with van der Waals surface area (Å²) in [7, 11) is 0. The summed E-state index contributed by atoms with van der Waals surface area (Å²) in [6, 6.07) is 3.27. The van der Waals surface area contributed by atoms with Gasteiger partial charge in [0, 0.05) is 14.5 Å². The van der Waals surface area contributed by atoms with Crippen LogP contribution in [0.2, 0.25) is 0 Å². The zero-order chi connectivity index (χ0) is 9.84. The van der Waals surface area contributed by atoms with Crippen molar-refractivity contribution in [3.63, 3.8) is 0 Å². The number of carbonyl (C=O) groups excluding carboxylic acids is 2. The van der Waals surface area contributed by atoms with E-state index in [4.69, 9.17) is 0 Å². The zero-order valence-corrected chi connectivity index (χ0v) is 9.42. The van der Waals surface area contributed by atoms with E-state index in [9.17, 15) is 9.59 Å². The molecule has 1 aromatic rings. The summed E-state index contributed by atoms with van der Waals surface area (Å²) in [6.07, 6.45) is 2.02. The van der Waals surface area contributed by atoms with Crippen molar-refractivity contribution in [1.82, 2.24) is 0 Å². The molecule has 66 valence electrons. The van der Waals surface area contributed by atoms with Crippen LogP contribution in [0.4, 0.5) is 5.69 Å². The molecule has 5 heteroatoms. The summed E-state index contributed by atoms with van der Waals surface area (Å²) in [5.74, 6) is 0. The van der Waals surface area contributed by atoms with E-state index in [0.29, 0.717) is 22.0 Å². The third-order valence-electron chi connectivity index (χ3n) is 1.34. The van der Waals surface area contributed by atoms with Crippen molar-refractivity contribution in [1.29, 1.82) is 0 Å². The number of nitrogens with zero attached hydrogens (tertiary/aromatic N) is 1. The lowest BCUT2D eigenvalue weighted by Gasteiger charge is -2.00. The summed E-state index contributed by atoms with van der Waals surface area (Å²) in [6.45, 7) is 0. The fourth-order valence-electron chi connectivity index (χ4n) is 0.839. The summed E-state index contributed by atoms with van der Waals surface area (Å²) in [5.41, 5.74) is 0.637. The number of isocyanates is 1. The molecule has 0 radical (unpaired) electrons. The average Bonchev–Trinajstić information content (AvgIpc) is 2.09. The van der Waals surface area contributed by atoms with Crippen LogP contribution in [0.1, 0.15) is 10.4 Å². The van der Waals surface area contributed by atoms with Crippen molar-refractivity contribution < 1.29 is 9.59 Å². The van der Waals surface area contributed by atoms with Crippen LogP contribution in [0.15, 0.2) is 26.1 Å². The number of aliphatic imine (C=N–C) groups is 1. The Morgan fingerprint density at radius 1 is 1.38 bits per heavy atom. The van der Waals surface area contributed by atoms with Gasteiger partial charge in [-0.2, -0.15) is 4.99 Å². The van der Waals surface area contributed by atoms with Crippen LogP contribution in [0.5, 0.6) is 0 Å². The first kappa shape index (κ1) is 10.3. The number of benzene rings is 1. The molecule has 0 atom stereocenters. The fourth-order valence-corrected chi connectivity index (χ4v) is 2.19.